The highest BCUT2D eigenvalue weighted by Gasteiger charge is 2.21. The lowest BCUT2D eigenvalue weighted by atomic mass is 10.1. The minimum atomic E-state index is -0.216. The van der Waals surface area contributed by atoms with Crippen LogP contribution < -0.4 is 11.3 Å². The van der Waals surface area contributed by atoms with E-state index in [0.717, 1.165) is 33.3 Å². The molecule has 3 rings (SSSR count). The van der Waals surface area contributed by atoms with Gasteiger partial charge in [0.1, 0.15) is 6.04 Å². The van der Waals surface area contributed by atoms with Crippen molar-refractivity contribution < 1.29 is 0 Å². The Morgan fingerprint density at radius 2 is 2.14 bits per heavy atom. The van der Waals surface area contributed by atoms with Crippen molar-refractivity contribution in [3.05, 3.63) is 58.5 Å². The maximum atomic E-state index is 5.78. The predicted molar refractivity (Wildman–Crippen MR) is 86.5 cm³/mol. The van der Waals surface area contributed by atoms with E-state index in [1.165, 1.54) is 0 Å². The number of aromatic nitrogens is 3. The molecule has 0 saturated carbocycles. The number of halogens is 1. The molecular weight excluding hydrogens is 330 g/mol. The number of nitrogens with one attached hydrogen (secondary N) is 1. The summed E-state index contributed by atoms with van der Waals surface area (Å²) in [7, 11) is 0. The van der Waals surface area contributed by atoms with Crippen molar-refractivity contribution in [1.29, 1.82) is 0 Å². The zero-order valence-corrected chi connectivity index (χ0v) is 13.2. The zero-order chi connectivity index (χ0) is 14.8. The molecule has 0 bridgehead atoms. The Hall–Kier alpha value is -1.76. The van der Waals surface area contributed by atoms with Crippen LogP contribution in [0, 0.1) is 0 Å². The minimum Gasteiger partial charge on any atom is -0.270 e. The van der Waals surface area contributed by atoms with Gasteiger partial charge < -0.3 is 0 Å². The van der Waals surface area contributed by atoms with Crippen LogP contribution in [0.25, 0.3) is 10.9 Å². The number of hydrazine groups is 1. The van der Waals surface area contributed by atoms with E-state index in [4.69, 9.17) is 10.8 Å². The lowest BCUT2D eigenvalue weighted by Crippen LogP contribution is -2.31. The maximum Gasteiger partial charge on any atom is 0.106 e. The molecule has 0 aliphatic heterocycles. The van der Waals surface area contributed by atoms with Gasteiger partial charge in [0.2, 0.25) is 0 Å². The van der Waals surface area contributed by atoms with Crippen LogP contribution in [0.4, 0.5) is 0 Å². The van der Waals surface area contributed by atoms with Gasteiger partial charge in [-0.05, 0) is 41.1 Å². The largest absolute Gasteiger partial charge is 0.270 e. The van der Waals surface area contributed by atoms with E-state index in [1.54, 1.807) is 6.20 Å². The molecule has 5 nitrogen and oxygen atoms in total. The monoisotopic (exact) mass is 345 g/mol. The van der Waals surface area contributed by atoms with Gasteiger partial charge in [-0.3, -0.25) is 10.5 Å². The van der Waals surface area contributed by atoms with Gasteiger partial charge in [-0.25, -0.2) is 10.4 Å². The van der Waals surface area contributed by atoms with Gasteiger partial charge >= 0.3 is 0 Å². The summed E-state index contributed by atoms with van der Waals surface area (Å²) in [6.07, 6.45) is 1.78. The fourth-order valence-electron chi connectivity index (χ4n) is 2.46. The highest BCUT2D eigenvalue weighted by atomic mass is 79.9. The Balaban J connectivity index is 2.14. The molecule has 0 spiro atoms. The first kappa shape index (κ1) is 14.2. The van der Waals surface area contributed by atoms with Crippen molar-refractivity contribution >= 4 is 26.8 Å². The number of nitrogens with zero attached hydrogens (tertiary/aromatic N) is 3. The summed E-state index contributed by atoms with van der Waals surface area (Å²) in [5, 5.41) is 5.39. The highest BCUT2D eigenvalue weighted by Crippen LogP contribution is 2.29. The van der Waals surface area contributed by atoms with Gasteiger partial charge in [-0.2, -0.15) is 5.10 Å². The summed E-state index contributed by atoms with van der Waals surface area (Å²) in [5.74, 6) is 5.78. The molecule has 2 aromatic heterocycles. The van der Waals surface area contributed by atoms with E-state index in [-0.39, 0.29) is 6.04 Å². The summed E-state index contributed by atoms with van der Waals surface area (Å²) in [6, 6.07) is 11.8. The van der Waals surface area contributed by atoms with Crippen LogP contribution >= 0.6 is 15.9 Å². The van der Waals surface area contributed by atoms with Crippen LogP contribution in [0.1, 0.15) is 24.4 Å². The average Bonchev–Trinajstić information content (AvgIpc) is 2.97. The summed E-state index contributed by atoms with van der Waals surface area (Å²) in [6.45, 7) is 2.83. The highest BCUT2D eigenvalue weighted by molar-refractivity contribution is 9.10. The molecule has 0 saturated heterocycles. The molecule has 0 fully saturated rings. The third-order valence-corrected chi connectivity index (χ3v) is 4.12. The Bertz CT molecular complexity index is 768. The van der Waals surface area contributed by atoms with Crippen LogP contribution in [0.2, 0.25) is 0 Å². The second-order valence-corrected chi connectivity index (χ2v) is 5.57. The first-order valence-corrected chi connectivity index (χ1v) is 7.57. The van der Waals surface area contributed by atoms with Crippen molar-refractivity contribution in [2.75, 3.05) is 0 Å². The third-order valence-electron chi connectivity index (χ3n) is 3.49. The van der Waals surface area contributed by atoms with E-state index in [1.807, 2.05) is 41.9 Å². The second-order valence-electron chi connectivity index (χ2n) is 4.72. The normalized spacial score (nSPS) is 12.7. The third kappa shape index (κ3) is 2.57. The lowest BCUT2D eigenvalue weighted by Gasteiger charge is -2.18. The van der Waals surface area contributed by atoms with E-state index in [9.17, 15) is 0 Å². The Morgan fingerprint density at radius 3 is 2.90 bits per heavy atom. The molecular formula is C15H16BrN5. The van der Waals surface area contributed by atoms with Gasteiger partial charge in [0.25, 0.3) is 0 Å². The number of pyridine rings is 1. The SMILES string of the molecule is CCn1nccc1C(NN)c1nc2ccccc2cc1Br. The Kier molecular flexibility index (Phi) is 4.01. The molecule has 0 amide bonds. The smallest absolute Gasteiger partial charge is 0.106 e. The quantitative estimate of drug-likeness (QED) is 0.563. The molecule has 2 heterocycles. The van der Waals surface area contributed by atoms with E-state index in [0.29, 0.717) is 0 Å². The molecule has 108 valence electrons. The molecule has 1 atom stereocenters. The number of aryl methyl sites for hydroxylation is 1. The number of hydrogen-bond donors (Lipinski definition) is 2. The molecule has 21 heavy (non-hydrogen) atoms. The van der Waals surface area contributed by atoms with E-state index < -0.39 is 0 Å². The van der Waals surface area contributed by atoms with Crippen molar-refractivity contribution in [1.82, 2.24) is 20.2 Å². The van der Waals surface area contributed by atoms with Crippen LogP contribution in [0.3, 0.4) is 0 Å². The fraction of sp³-hybridized carbons (Fsp3) is 0.200. The standard InChI is InChI=1S/C15H16BrN5/c1-2-21-13(7-8-18-21)15(20-17)14-11(16)9-10-5-3-4-6-12(10)19-14/h3-9,15,20H,2,17H2,1H3. The van der Waals surface area contributed by atoms with Crippen molar-refractivity contribution in [3.8, 4) is 0 Å². The fourth-order valence-corrected chi connectivity index (χ4v) is 3.03. The molecule has 3 N–H and O–H groups in total. The number of benzene rings is 1. The molecule has 0 aliphatic rings. The number of para-hydroxylation sites is 1. The van der Waals surface area contributed by atoms with Crippen LogP contribution in [-0.2, 0) is 6.54 Å². The van der Waals surface area contributed by atoms with Crippen LogP contribution in [0.5, 0.6) is 0 Å². The molecule has 1 unspecified atom stereocenters. The summed E-state index contributed by atoms with van der Waals surface area (Å²) in [4.78, 5) is 4.75. The van der Waals surface area contributed by atoms with E-state index in [2.05, 4.69) is 32.5 Å². The number of hydrogen-bond acceptors (Lipinski definition) is 4. The maximum absolute atomic E-state index is 5.78. The van der Waals surface area contributed by atoms with Gasteiger partial charge in [0, 0.05) is 22.6 Å². The Morgan fingerprint density at radius 1 is 1.33 bits per heavy atom. The van der Waals surface area contributed by atoms with Gasteiger partial charge in [0.15, 0.2) is 0 Å². The first-order valence-electron chi connectivity index (χ1n) is 6.77. The van der Waals surface area contributed by atoms with Gasteiger partial charge in [-0.1, -0.05) is 18.2 Å². The average molecular weight is 346 g/mol. The summed E-state index contributed by atoms with van der Waals surface area (Å²) >= 11 is 3.60. The number of rotatable bonds is 4. The van der Waals surface area contributed by atoms with Crippen LogP contribution in [-0.4, -0.2) is 14.8 Å². The predicted octanol–water partition coefficient (Wildman–Crippen LogP) is 2.77. The summed E-state index contributed by atoms with van der Waals surface area (Å²) in [5.41, 5.74) is 5.63. The Labute approximate surface area is 131 Å². The van der Waals surface area contributed by atoms with E-state index >= 15 is 0 Å². The number of fused-ring (bicyclic) bond motifs is 1. The number of nitrogens with two attached hydrogens (primary N) is 1. The van der Waals surface area contributed by atoms with Crippen molar-refractivity contribution in [3.63, 3.8) is 0 Å². The topological polar surface area (TPSA) is 68.8 Å². The van der Waals surface area contributed by atoms with Crippen molar-refractivity contribution in [2.45, 2.75) is 19.5 Å². The molecule has 0 radical (unpaired) electrons. The molecule has 3 aromatic rings. The minimum absolute atomic E-state index is 0.216. The lowest BCUT2D eigenvalue weighted by molar-refractivity contribution is 0.535. The summed E-state index contributed by atoms with van der Waals surface area (Å²) < 4.78 is 2.83. The zero-order valence-electron chi connectivity index (χ0n) is 11.6. The molecule has 0 aliphatic carbocycles. The van der Waals surface area contributed by atoms with Crippen LogP contribution in [0.15, 0.2) is 47.1 Å². The van der Waals surface area contributed by atoms with Crippen molar-refractivity contribution in [2.24, 2.45) is 5.84 Å². The second kappa shape index (κ2) is 5.93. The van der Waals surface area contributed by atoms with Gasteiger partial charge in [-0.15, -0.1) is 0 Å². The molecule has 6 heteroatoms. The van der Waals surface area contributed by atoms with Gasteiger partial charge in [0.05, 0.1) is 16.9 Å². The molecule has 1 aromatic carbocycles. The first-order chi connectivity index (χ1) is 10.2.